The fourth-order valence-electron chi connectivity index (χ4n) is 2.32. The number of nitrogens with one attached hydrogen (secondary N) is 2. The Balaban J connectivity index is 2.84. The number of hydrogen-bond acceptors (Lipinski definition) is 3. The SMILES string of the molecule is CC(C)C[C@@H](NC(=O)C(NC(=O)c1ccc(F)cc1)C(C)C)C(=O)O. The summed E-state index contributed by atoms with van der Waals surface area (Å²) in [6.07, 6.45) is 0.289. The van der Waals surface area contributed by atoms with Crippen molar-refractivity contribution >= 4 is 17.8 Å². The Morgan fingerprint density at radius 2 is 1.60 bits per heavy atom. The van der Waals surface area contributed by atoms with Crippen LogP contribution in [0.2, 0.25) is 0 Å². The first-order chi connectivity index (χ1) is 11.6. The maximum absolute atomic E-state index is 12.9. The quantitative estimate of drug-likeness (QED) is 0.668. The van der Waals surface area contributed by atoms with Crippen LogP contribution in [0.25, 0.3) is 0 Å². The van der Waals surface area contributed by atoms with Crippen LogP contribution in [-0.2, 0) is 9.59 Å². The second kappa shape index (κ2) is 9.15. The number of halogens is 1. The van der Waals surface area contributed by atoms with Crippen molar-refractivity contribution in [1.29, 1.82) is 0 Å². The lowest BCUT2D eigenvalue weighted by atomic mass is 10.00. The molecule has 2 atom stereocenters. The fourth-order valence-corrected chi connectivity index (χ4v) is 2.32. The van der Waals surface area contributed by atoms with Crippen LogP contribution in [0.15, 0.2) is 24.3 Å². The zero-order valence-corrected chi connectivity index (χ0v) is 14.9. The average Bonchev–Trinajstić information content (AvgIpc) is 2.51. The van der Waals surface area contributed by atoms with E-state index in [1.165, 1.54) is 12.1 Å². The summed E-state index contributed by atoms with van der Waals surface area (Å²) >= 11 is 0. The van der Waals surface area contributed by atoms with E-state index in [-0.39, 0.29) is 23.8 Å². The maximum atomic E-state index is 12.9. The molecule has 6 nitrogen and oxygen atoms in total. The Labute approximate surface area is 146 Å². The van der Waals surface area contributed by atoms with Crippen LogP contribution in [0.3, 0.4) is 0 Å². The van der Waals surface area contributed by atoms with Gasteiger partial charge in [0.25, 0.3) is 5.91 Å². The molecule has 1 rings (SSSR count). The molecule has 0 saturated heterocycles. The standard InChI is InChI=1S/C18H25FN2O4/c1-10(2)9-14(18(24)25)20-17(23)15(11(3)4)21-16(22)12-5-7-13(19)8-6-12/h5-8,10-11,14-15H,9H2,1-4H3,(H,20,23)(H,21,22)(H,24,25)/t14-,15?/m1/s1. The molecule has 2 amide bonds. The molecule has 0 aliphatic heterocycles. The number of hydrogen-bond donors (Lipinski definition) is 3. The molecule has 1 unspecified atom stereocenters. The summed E-state index contributed by atoms with van der Waals surface area (Å²) in [6, 6.07) is 3.03. The van der Waals surface area contributed by atoms with Crippen LogP contribution >= 0.6 is 0 Å². The van der Waals surface area contributed by atoms with Crippen molar-refractivity contribution in [2.45, 2.75) is 46.2 Å². The minimum Gasteiger partial charge on any atom is -0.480 e. The van der Waals surface area contributed by atoms with Crippen LogP contribution in [0, 0.1) is 17.7 Å². The summed E-state index contributed by atoms with van der Waals surface area (Å²) in [5.41, 5.74) is 0.219. The van der Waals surface area contributed by atoms with Gasteiger partial charge in [0.05, 0.1) is 0 Å². The van der Waals surface area contributed by atoms with Crippen molar-refractivity contribution in [2.24, 2.45) is 11.8 Å². The Morgan fingerprint density at radius 3 is 2.04 bits per heavy atom. The molecule has 7 heteroatoms. The van der Waals surface area contributed by atoms with Gasteiger partial charge in [-0.15, -0.1) is 0 Å². The van der Waals surface area contributed by atoms with Gasteiger partial charge in [0.15, 0.2) is 0 Å². The monoisotopic (exact) mass is 352 g/mol. The molecule has 1 aromatic carbocycles. The molecule has 0 saturated carbocycles. The summed E-state index contributed by atoms with van der Waals surface area (Å²) in [6.45, 7) is 7.21. The topological polar surface area (TPSA) is 95.5 Å². The van der Waals surface area contributed by atoms with E-state index in [0.29, 0.717) is 0 Å². The van der Waals surface area contributed by atoms with Crippen LogP contribution in [0.4, 0.5) is 4.39 Å². The van der Waals surface area contributed by atoms with Gasteiger partial charge >= 0.3 is 5.97 Å². The van der Waals surface area contributed by atoms with E-state index in [9.17, 15) is 23.9 Å². The molecule has 25 heavy (non-hydrogen) atoms. The summed E-state index contributed by atoms with van der Waals surface area (Å²) < 4.78 is 12.9. The first-order valence-electron chi connectivity index (χ1n) is 8.21. The second-order valence-electron chi connectivity index (χ2n) is 6.73. The van der Waals surface area contributed by atoms with Gasteiger partial charge in [0, 0.05) is 5.56 Å². The largest absolute Gasteiger partial charge is 0.480 e. The maximum Gasteiger partial charge on any atom is 0.326 e. The molecule has 138 valence electrons. The molecule has 0 radical (unpaired) electrons. The molecule has 1 aromatic rings. The van der Waals surface area contributed by atoms with Gasteiger partial charge in [-0.1, -0.05) is 27.7 Å². The van der Waals surface area contributed by atoms with Crippen molar-refractivity contribution < 1.29 is 23.9 Å². The molecule has 0 bridgehead atoms. The number of amides is 2. The number of carboxylic acids is 1. The van der Waals surface area contributed by atoms with Crippen molar-refractivity contribution in [2.75, 3.05) is 0 Å². The first kappa shape index (κ1) is 20.6. The zero-order chi connectivity index (χ0) is 19.1. The van der Waals surface area contributed by atoms with Gasteiger partial charge in [-0.2, -0.15) is 0 Å². The number of benzene rings is 1. The van der Waals surface area contributed by atoms with Gasteiger partial charge in [0.1, 0.15) is 17.9 Å². The van der Waals surface area contributed by atoms with Gasteiger partial charge < -0.3 is 15.7 Å². The lowest BCUT2D eigenvalue weighted by Crippen LogP contribution is -2.53. The van der Waals surface area contributed by atoms with E-state index in [4.69, 9.17) is 0 Å². The molecule has 0 aromatic heterocycles. The summed E-state index contributed by atoms with van der Waals surface area (Å²) in [5.74, 6) is -2.82. The highest BCUT2D eigenvalue weighted by atomic mass is 19.1. The Kier molecular flexibility index (Phi) is 7.54. The minimum absolute atomic E-state index is 0.0905. The van der Waals surface area contributed by atoms with Gasteiger partial charge in [0.2, 0.25) is 5.91 Å². The number of carbonyl (C=O) groups is 3. The van der Waals surface area contributed by atoms with E-state index in [1.54, 1.807) is 13.8 Å². The Morgan fingerprint density at radius 1 is 1.04 bits per heavy atom. The Hall–Kier alpha value is -2.44. The highest BCUT2D eigenvalue weighted by Gasteiger charge is 2.29. The van der Waals surface area contributed by atoms with Crippen LogP contribution in [0.1, 0.15) is 44.5 Å². The molecule has 3 N–H and O–H groups in total. The van der Waals surface area contributed by atoms with Crippen LogP contribution in [-0.4, -0.2) is 35.0 Å². The van der Waals surface area contributed by atoms with Crippen molar-refractivity contribution in [3.8, 4) is 0 Å². The van der Waals surface area contributed by atoms with Gasteiger partial charge in [-0.3, -0.25) is 9.59 Å². The predicted octanol–water partition coefficient (Wildman–Crippen LogP) is 2.20. The van der Waals surface area contributed by atoms with E-state index >= 15 is 0 Å². The lowest BCUT2D eigenvalue weighted by molar-refractivity contribution is -0.142. The van der Waals surface area contributed by atoms with E-state index in [2.05, 4.69) is 10.6 Å². The third-order valence-corrected chi connectivity index (χ3v) is 3.66. The third-order valence-electron chi connectivity index (χ3n) is 3.66. The van der Waals surface area contributed by atoms with Crippen molar-refractivity contribution in [3.05, 3.63) is 35.6 Å². The lowest BCUT2D eigenvalue weighted by Gasteiger charge is -2.24. The number of aliphatic carboxylic acids is 1. The molecule has 0 fully saturated rings. The highest BCUT2D eigenvalue weighted by Crippen LogP contribution is 2.09. The van der Waals surface area contributed by atoms with Crippen LogP contribution in [0.5, 0.6) is 0 Å². The normalized spacial score (nSPS) is 13.4. The molecule has 0 aliphatic carbocycles. The molecule has 0 heterocycles. The highest BCUT2D eigenvalue weighted by molar-refractivity contribution is 5.98. The molecular weight excluding hydrogens is 327 g/mol. The first-order valence-corrected chi connectivity index (χ1v) is 8.21. The zero-order valence-electron chi connectivity index (χ0n) is 14.9. The van der Waals surface area contributed by atoms with Gasteiger partial charge in [-0.05, 0) is 42.5 Å². The molecule has 0 aliphatic rings. The van der Waals surface area contributed by atoms with Crippen LogP contribution < -0.4 is 10.6 Å². The molecular formula is C18H25FN2O4. The molecule has 0 spiro atoms. The average molecular weight is 352 g/mol. The number of carbonyl (C=O) groups excluding carboxylic acids is 2. The van der Waals surface area contributed by atoms with Gasteiger partial charge in [-0.25, -0.2) is 9.18 Å². The van der Waals surface area contributed by atoms with Crippen molar-refractivity contribution in [3.63, 3.8) is 0 Å². The third kappa shape index (κ3) is 6.52. The van der Waals surface area contributed by atoms with E-state index < -0.39 is 35.7 Å². The predicted molar refractivity (Wildman–Crippen MR) is 91.5 cm³/mol. The number of rotatable bonds is 8. The summed E-state index contributed by atoms with van der Waals surface area (Å²) in [7, 11) is 0. The van der Waals surface area contributed by atoms with E-state index in [0.717, 1.165) is 12.1 Å². The van der Waals surface area contributed by atoms with Crippen molar-refractivity contribution in [1.82, 2.24) is 10.6 Å². The summed E-state index contributed by atoms with van der Waals surface area (Å²) in [5, 5.41) is 14.3. The second-order valence-corrected chi connectivity index (χ2v) is 6.73. The summed E-state index contributed by atoms with van der Waals surface area (Å²) in [4.78, 5) is 36.0. The smallest absolute Gasteiger partial charge is 0.326 e. The fraction of sp³-hybridized carbons (Fsp3) is 0.500. The number of carboxylic acid groups (broad SMARTS) is 1. The Bertz CT molecular complexity index is 614. The minimum atomic E-state index is -1.12. The van der Waals surface area contributed by atoms with E-state index in [1.807, 2.05) is 13.8 Å².